The van der Waals surface area contributed by atoms with E-state index >= 15 is 0 Å². The Morgan fingerprint density at radius 1 is 1.20 bits per heavy atom. The van der Waals surface area contributed by atoms with Crippen LogP contribution in [0.1, 0.15) is 12.8 Å². The number of para-hydroxylation sites is 2. The molecule has 8 nitrogen and oxygen atoms in total. The summed E-state index contributed by atoms with van der Waals surface area (Å²) in [7, 11) is 0. The number of primary amides is 1. The van der Waals surface area contributed by atoms with Crippen LogP contribution in [0, 0.1) is 0 Å². The van der Waals surface area contributed by atoms with Gasteiger partial charge in [0.15, 0.2) is 17.6 Å². The van der Waals surface area contributed by atoms with Crippen molar-refractivity contribution in [3.63, 3.8) is 0 Å². The summed E-state index contributed by atoms with van der Waals surface area (Å²) in [6.45, 7) is 2.57. The summed E-state index contributed by atoms with van der Waals surface area (Å²) in [4.78, 5) is 25.0. The van der Waals surface area contributed by atoms with E-state index in [0.717, 1.165) is 31.7 Å². The molecule has 2 aliphatic heterocycles. The van der Waals surface area contributed by atoms with Crippen LogP contribution in [-0.2, 0) is 4.79 Å². The van der Waals surface area contributed by atoms with Crippen LogP contribution in [0.3, 0.4) is 0 Å². The minimum atomic E-state index is -0.319. The van der Waals surface area contributed by atoms with Crippen LogP contribution in [0.15, 0.2) is 24.3 Å². The van der Waals surface area contributed by atoms with Gasteiger partial charge in [0.05, 0.1) is 13.1 Å². The van der Waals surface area contributed by atoms with Crippen LogP contribution >= 0.6 is 0 Å². The molecule has 25 heavy (non-hydrogen) atoms. The van der Waals surface area contributed by atoms with Crippen molar-refractivity contribution in [3.8, 4) is 11.5 Å². The Labute approximate surface area is 146 Å². The van der Waals surface area contributed by atoms with Gasteiger partial charge in [0.1, 0.15) is 6.61 Å². The van der Waals surface area contributed by atoms with E-state index in [2.05, 4.69) is 10.6 Å². The number of fused-ring (bicyclic) bond motifs is 1. The number of nitrogens with one attached hydrogen (secondary N) is 2. The lowest BCUT2D eigenvalue weighted by atomic mass is 10.1. The van der Waals surface area contributed by atoms with Gasteiger partial charge < -0.3 is 25.8 Å². The first-order valence-corrected chi connectivity index (χ1v) is 8.53. The number of ether oxygens (including phenoxy) is 2. The van der Waals surface area contributed by atoms with E-state index in [9.17, 15) is 9.59 Å². The molecule has 1 atom stereocenters. The number of hydrogen-bond acceptors (Lipinski definition) is 5. The van der Waals surface area contributed by atoms with Gasteiger partial charge in [-0.05, 0) is 25.0 Å². The quantitative estimate of drug-likeness (QED) is 0.699. The van der Waals surface area contributed by atoms with E-state index < -0.39 is 0 Å². The Hall–Kier alpha value is -2.48. The summed E-state index contributed by atoms with van der Waals surface area (Å²) < 4.78 is 11.4. The SMILES string of the molecule is NC(=O)CN1CCC(NC(=O)NC[C@H]2COc3ccccc3O2)CC1. The first-order valence-electron chi connectivity index (χ1n) is 8.53. The maximum atomic E-state index is 12.1. The number of piperidine rings is 1. The van der Waals surface area contributed by atoms with Crippen molar-refractivity contribution in [1.29, 1.82) is 0 Å². The van der Waals surface area contributed by atoms with Crippen LogP contribution in [-0.4, -0.2) is 61.8 Å². The molecule has 8 heteroatoms. The molecule has 1 fully saturated rings. The Balaban J connectivity index is 1.36. The third kappa shape index (κ3) is 4.99. The average molecular weight is 348 g/mol. The number of carbonyl (C=O) groups excluding carboxylic acids is 2. The zero-order valence-electron chi connectivity index (χ0n) is 14.1. The largest absolute Gasteiger partial charge is 0.486 e. The van der Waals surface area contributed by atoms with Crippen molar-refractivity contribution >= 4 is 11.9 Å². The molecule has 1 aromatic carbocycles. The summed E-state index contributed by atoms with van der Waals surface area (Å²) >= 11 is 0. The molecule has 3 amide bonds. The van der Waals surface area contributed by atoms with Gasteiger partial charge in [-0.1, -0.05) is 12.1 Å². The number of urea groups is 1. The number of carbonyl (C=O) groups is 2. The average Bonchev–Trinajstić information content (AvgIpc) is 2.61. The normalized spacial score (nSPS) is 20.7. The van der Waals surface area contributed by atoms with Gasteiger partial charge >= 0.3 is 6.03 Å². The number of amides is 3. The molecule has 3 rings (SSSR count). The molecule has 1 aromatic rings. The molecule has 0 aromatic heterocycles. The second kappa shape index (κ2) is 8.06. The van der Waals surface area contributed by atoms with Crippen LogP contribution < -0.4 is 25.8 Å². The maximum absolute atomic E-state index is 12.1. The highest BCUT2D eigenvalue weighted by Crippen LogP contribution is 2.30. The van der Waals surface area contributed by atoms with E-state index in [1.54, 1.807) is 0 Å². The Kier molecular flexibility index (Phi) is 5.60. The Bertz CT molecular complexity index is 616. The second-order valence-electron chi connectivity index (χ2n) is 6.37. The highest BCUT2D eigenvalue weighted by atomic mass is 16.6. The van der Waals surface area contributed by atoms with E-state index in [-0.39, 0.29) is 30.6 Å². The molecular weight excluding hydrogens is 324 g/mol. The lowest BCUT2D eigenvalue weighted by Gasteiger charge is -2.31. The molecule has 0 aliphatic carbocycles. The highest BCUT2D eigenvalue weighted by Gasteiger charge is 2.23. The Morgan fingerprint density at radius 2 is 1.92 bits per heavy atom. The lowest BCUT2D eigenvalue weighted by Crippen LogP contribution is -2.51. The first kappa shape index (κ1) is 17.3. The van der Waals surface area contributed by atoms with Gasteiger partial charge in [-0.25, -0.2) is 4.79 Å². The molecule has 1 saturated heterocycles. The minimum absolute atomic E-state index is 0.105. The minimum Gasteiger partial charge on any atom is -0.486 e. The molecule has 4 N–H and O–H groups in total. The standard InChI is InChI=1S/C17H24N4O4/c18-16(22)10-21-7-5-12(6-8-21)20-17(23)19-9-13-11-24-14-3-1-2-4-15(14)25-13/h1-4,12-13H,5-11H2,(H2,18,22)(H2,19,20,23)/t13-/m0/s1. The smallest absolute Gasteiger partial charge is 0.315 e. The molecule has 2 aliphatic rings. The molecule has 0 spiro atoms. The van der Waals surface area contributed by atoms with Gasteiger partial charge in [-0.15, -0.1) is 0 Å². The van der Waals surface area contributed by atoms with Gasteiger partial charge in [0, 0.05) is 19.1 Å². The van der Waals surface area contributed by atoms with Crippen molar-refractivity contribution in [3.05, 3.63) is 24.3 Å². The van der Waals surface area contributed by atoms with E-state index in [4.69, 9.17) is 15.2 Å². The van der Waals surface area contributed by atoms with E-state index in [1.165, 1.54) is 0 Å². The van der Waals surface area contributed by atoms with Crippen LogP contribution in [0.25, 0.3) is 0 Å². The van der Waals surface area contributed by atoms with Crippen molar-refractivity contribution in [2.75, 3.05) is 32.8 Å². The third-order valence-electron chi connectivity index (χ3n) is 4.36. The van der Waals surface area contributed by atoms with Gasteiger partial charge in [0.2, 0.25) is 5.91 Å². The summed E-state index contributed by atoms with van der Waals surface area (Å²) in [6, 6.07) is 7.37. The molecule has 0 radical (unpaired) electrons. The van der Waals surface area contributed by atoms with Crippen LogP contribution in [0.5, 0.6) is 11.5 Å². The summed E-state index contributed by atoms with van der Waals surface area (Å²) in [5.74, 6) is 1.11. The van der Waals surface area contributed by atoms with Crippen molar-refractivity contribution in [1.82, 2.24) is 15.5 Å². The predicted molar refractivity (Wildman–Crippen MR) is 91.5 cm³/mol. The van der Waals surface area contributed by atoms with Crippen molar-refractivity contribution < 1.29 is 19.1 Å². The second-order valence-corrected chi connectivity index (χ2v) is 6.37. The fourth-order valence-corrected chi connectivity index (χ4v) is 3.06. The molecule has 0 saturated carbocycles. The molecule has 0 unspecified atom stereocenters. The van der Waals surface area contributed by atoms with Crippen LogP contribution in [0.4, 0.5) is 4.79 Å². The number of likely N-dealkylation sites (tertiary alicyclic amines) is 1. The third-order valence-corrected chi connectivity index (χ3v) is 4.36. The van der Waals surface area contributed by atoms with Gasteiger partial charge in [-0.2, -0.15) is 0 Å². The summed E-state index contributed by atoms with van der Waals surface area (Å²) in [5.41, 5.74) is 5.20. The number of hydrogen-bond donors (Lipinski definition) is 3. The fraction of sp³-hybridized carbons (Fsp3) is 0.529. The number of benzene rings is 1. The summed E-state index contributed by atoms with van der Waals surface area (Å²) in [6.07, 6.45) is 1.40. The maximum Gasteiger partial charge on any atom is 0.315 e. The predicted octanol–water partition coefficient (Wildman–Crippen LogP) is 0.0753. The number of rotatable bonds is 5. The monoisotopic (exact) mass is 348 g/mol. The van der Waals surface area contributed by atoms with Crippen molar-refractivity contribution in [2.45, 2.75) is 25.0 Å². The van der Waals surface area contributed by atoms with Gasteiger partial charge in [0.25, 0.3) is 0 Å². The number of nitrogens with zero attached hydrogens (tertiary/aromatic N) is 1. The molecule has 0 bridgehead atoms. The van der Waals surface area contributed by atoms with Gasteiger partial charge in [-0.3, -0.25) is 9.69 Å². The number of nitrogens with two attached hydrogens (primary N) is 1. The fourth-order valence-electron chi connectivity index (χ4n) is 3.06. The first-order chi connectivity index (χ1) is 12.1. The highest BCUT2D eigenvalue weighted by molar-refractivity contribution is 5.76. The summed E-state index contributed by atoms with van der Waals surface area (Å²) in [5, 5.41) is 5.79. The van der Waals surface area contributed by atoms with Crippen LogP contribution in [0.2, 0.25) is 0 Å². The van der Waals surface area contributed by atoms with E-state index in [1.807, 2.05) is 29.2 Å². The Morgan fingerprint density at radius 3 is 2.64 bits per heavy atom. The molecule has 136 valence electrons. The van der Waals surface area contributed by atoms with E-state index in [0.29, 0.717) is 18.9 Å². The topological polar surface area (TPSA) is 106 Å². The molecule has 2 heterocycles. The zero-order chi connectivity index (χ0) is 17.6. The molecular formula is C17H24N4O4. The lowest BCUT2D eigenvalue weighted by molar-refractivity contribution is -0.119. The zero-order valence-corrected chi connectivity index (χ0v) is 14.1. The van der Waals surface area contributed by atoms with Crippen molar-refractivity contribution in [2.24, 2.45) is 5.73 Å².